The molecule has 3 N–H and O–H groups in total. The molecule has 41 heavy (non-hydrogen) atoms. The fraction of sp³-hybridized carbons (Fsp3) is 0.367. The van der Waals surface area contributed by atoms with Crippen LogP contribution >= 0.6 is 0 Å². The van der Waals surface area contributed by atoms with Gasteiger partial charge in [-0.2, -0.15) is 0 Å². The van der Waals surface area contributed by atoms with Gasteiger partial charge < -0.3 is 10.4 Å². The van der Waals surface area contributed by atoms with Crippen LogP contribution in [-0.2, 0) is 21.2 Å². The van der Waals surface area contributed by atoms with Crippen molar-refractivity contribution in [3.63, 3.8) is 0 Å². The number of urea groups is 1. The number of nitrogens with zero attached hydrogens (tertiary/aromatic N) is 3. The molecule has 1 aromatic heterocycles. The number of aliphatic hydroxyl groups excluding tert-OH is 1. The van der Waals surface area contributed by atoms with Crippen molar-refractivity contribution < 1.29 is 23.1 Å². The smallest absolute Gasteiger partial charge is 0.331 e. The van der Waals surface area contributed by atoms with Crippen molar-refractivity contribution >= 4 is 33.3 Å². The van der Waals surface area contributed by atoms with Crippen molar-refractivity contribution in [2.24, 2.45) is 0 Å². The second kappa shape index (κ2) is 14.2. The van der Waals surface area contributed by atoms with Gasteiger partial charge in [0.05, 0.1) is 11.0 Å². The molecule has 218 valence electrons. The molecule has 1 saturated heterocycles. The molecular weight excluding hydrogens is 542 g/mol. The number of pyridine rings is 1. The largest absolute Gasteiger partial charge is 0.387 e. The number of benzene rings is 2. The van der Waals surface area contributed by atoms with Crippen LogP contribution in [0.3, 0.4) is 0 Å². The Balaban J connectivity index is 1.27. The van der Waals surface area contributed by atoms with E-state index >= 15 is 0 Å². The Labute approximate surface area is 241 Å². The summed E-state index contributed by atoms with van der Waals surface area (Å²) in [7, 11) is -3.85. The molecule has 0 unspecified atom stereocenters. The molecule has 0 bridgehead atoms. The number of hydrogen-bond acceptors (Lipinski definition) is 7. The summed E-state index contributed by atoms with van der Waals surface area (Å²) < 4.78 is 28.5. The summed E-state index contributed by atoms with van der Waals surface area (Å²) in [6, 6.07) is 16.3. The minimum atomic E-state index is -3.85. The van der Waals surface area contributed by atoms with Crippen molar-refractivity contribution in [2.45, 2.75) is 50.0 Å². The molecule has 0 aliphatic carbocycles. The lowest BCUT2D eigenvalue weighted by molar-refractivity contribution is -0.124. The van der Waals surface area contributed by atoms with Crippen LogP contribution in [0.4, 0.5) is 16.2 Å². The lowest BCUT2D eigenvalue weighted by atomic mass is 10.1. The van der Waals surface area contributed by atoms with Gasteiger partial charge >= 0.3 is 6.03 Å². The Morgan fingerprint density at radius 3 is 2.44 bits per heavy atom. The molecule has 3 aromatic rings. The molecule has 1 atom stereocenters. The maximum Gasteiger partial charge on any atom is 0.331 e. The zero-order chi connectivity index (χ0) is 29.2. The van der Waals surface area contributed by atoms with Gasteiger partial charge in [-0.25, -0.2) is 13.2 Å². The van der Waals surface area contributed by atoms with Gasteiger partial charge in [0.15, 0.2) is 0 Å². The van der Waals surface area contributed by atoms with E-state index in [4.69, 9.17) is 0 Å². The van der Waals surface area contributed by atoms with Crippen molar-refractivity contribution in [3.05, 3.63) is 84.2 Å². The van der Waals surface area contributed by atoms with Gasteiger partial charge in [-0.1, -0.05) is 44.4 Å². The van der Waals surface area contributed by atoms with Crippen molar-refractivity contribution in [1.82, 2.24) is 15.2 Å². The zero-order valence-corrected chi connectivity index (χ0v) is 24.0. The summed E-state index contributed by atoms with van der Waals surface area (Å²) in [5, 5.41) is 13.4. The molecule has 0 saturated carbocycles. The minimum absolute atomic E-state index is 0.0517. The number of amides is 3. The number of hydrogen-bond donors (Lipinski definition) is 3. The van der Waals surface area contributed by atoms with Gasteiger partial charge in [0.1, 0.15) is 6.54 Å². The summed E-state index contributed by atoms with van der Waals surface area (Å²) in [6.45, 7) is 3.50. The highest BCUT2D eigenvalue weighted by Crippen LogP contribution is 2.25. The minimum Gasteiger partial charge on any atom is -0.387 e. The topological polar surface area (TPSA) is 132 Å². The summed E-state index contributed by atoms with van der Waals surface area (Å²) in [6.07, 6.45) is 7.25. The second-order valence-corrected chi connectivity index (χ2v) is 11.7. The lowest BCUT2D eigenvalue weighted by Gasteiger charge is -2.17. The van der Waals surface area contributed by atoms with E-state index in [9.17, 15) is 23.1 Å². The monoisotopic (exact) mass is 579 g/mol. The number of unbranched alkanes of at least 4 members (excludes halogenated alkanes) is 3. The Morgan fingerprint density at radius 2 is 1.76 bits per heavy atom. The van der Waals surface area contributed by atoms with Crippen LogP contribution in [0.2, 0.25) is 0 Å². The molecular formula is C30H37N5O5S. The Kier molecular flexibility index (Phi) is 10.4. The summed E-state index contributed by atoms with van der Waals surface area (Å²) >= 11 is 0. The van der Waals surface area contributed by atoms with Crippen LogP contribution in [0.1, 0.15) is 49.8 Å². The number of aromatic nitrogens is 1. The average molecular weight is 580 g/mol. The average Bonchev–Trinajstić information content (AvgIpc) is 3.27. The predicted molar refractivity (Wildman–Crippen MR) is 158 cm³/mol. The Bertz CT molecular complexity index is 1400. The maximum atomic E-state index is 13.0. The first kappa shape index (κ1) is 30.2. The van der Waals surface area contributed by atoms with E-state index in [1.54, 1.807) is 42.7 Å². The van der Waals surface area contributed by atoms with Crippen LogP contribution in [0.5, 0.6) is 0 Å². The van der Waals surface area contributed by atoms with E-state index in [2.05, 4.69) is 21.9 Å². The summed E-state index contributed by atoms with van der Waals surface area (Å²) in [5.74, 6) is -0.244. The summed E-state index contributed by atoms with van der Waals surface area (Å²) in [5.41, 5.74) is 2.68. The van der Waals surface area contributed by atoms with E-state index in [0.717, 1.165) is 36.8 Å². The second-order valence-electron chi connectivity index (χ2n) is 10.0. The Morgan fingerprint density at radius 1 is 1.00 bits per heavy atom. The zero-order valence-electron chi connectivity index (χ0n) is 23.2. The third-order valence-electron chi connectivity index (χ3n) is 6.95. The van der Waals surface area contributed by atoms with Gasteiger partial charge in [-0.05, 0) is 67.4 Å². The van der Waals surface area contributed by atoms with Crippen LogP contribution in [0.25, 0.3) is 0 Å². The van der Waals surface area contributed by atoms with Gasteiger partial charge in [0.25, 0.3) is 15.9 Å². The molecule has 2 aromatic carbocycles. The lowest BCUT2D eigenvalue weighted by Crippen LogP contribution is -2.33. The molecule has 1 aliphatic heterocycles. The third kappa shape index (κ3) is 8.12. The van der Waals surface area contributed by atoms with Gasteiger partial charge in [-0.15, -0.1) is 0 Å². The van der Waals surface area contributed by atoms with Crippen LogP contribution in [0.15, 0.2) is 78.0 Å². The normalized spacial score (nSPS) is 14.5. The first-order chi connectivity index (χ1) is 19.8. The van der Waals surface area contributed by atoms with Gasteiger partial charge in [0, 0.05) is 42.4 Å². The van der Waals surface area contributed by atoms with Crippen molar-refractivity contribution in [1.29, 1.82) is 0 Å². The Hall–Kier alpha value is -3.80. The number of imide groups is 1. The molecule has 3 amide bonds. The number of aliphatic hydroxyl groups is 1. The molecule has 2 heterocycles. The highest BCUT2D eigenvalue weighted by Gasteiger charge is 2.36. The standard InChI is InChI=1S/C30H37N5O5S/c1-2-3-4-5-19-34-29(37)22-35(30(34)38)26-12-14-27(15-13-26)41(39,40)33-25-10-8-23(9-11-25)16-18-32-21-28(36)24-7-6-17-31-20-24/h6-15,17,20,28,32-33,36H,2-5,16,18-19,21-22H2,1H3/t28-/m0/s1. The predicted octanol–water partition coefficient (Wildman–Crippen LogP) is 4.10. The molecule has 0 radical (unpaired) electrons. The van der Waals surface area contributed by atoms with Crippen LogP contribution in [0, 0.1) is 0 Å². The SMILES string of the molecule is CCCCCCN1C(=O)CN(c2ccc(S(=O)(=O)Nc3ccc(CCNC[C@H](O)c4cccnc4)cc3)cc2)C1=O. The first-order valence-electron chi connectivity index (χ1n) is 13.9. The van der Waals surface area contributed by atoms with E-state index in [1.807, 2.05) is 18.2 Å². The van der Waals surface area contributed by atoms with E-state index in [0.29, 0.717) is 37.4 Å². The van der Waals surface area contributed by atoms with Crippen LogP contribution < -0.4 is 14.9 Å². The number of sulfonamides is 1. The van der Waals surface area contributed by atoms with Crippen molar-refractivity contribution in [3.8, 4) is 0 Å². The fourth-order valence-corrected chi connectivity index (χ4v) is 5.64. The van der Waals surface area contributed by atoms with E-state index < -0.39 is 16.1 Å². The third-order valence-corrected chi connectivity index (χ3v) is 8.35. The number of rotatable bonds is 15. The highest BCUT2D eigenvalue weighted by atomic mass is 32.2. The quantitative estimate of drug-likeness (QED) is 0.182. The number of carbonyl (C=O) groups is 2. The van der Waals surface area contributed by atoms with E-state index in [-0.39, 0.29) is 23.4 Å². The van der Waals surface area contributed by atoms with Crippen LogP contribution in [-0.4, -0.2) is 61.5 Å². The molecule has 0 spiro atoms. The molecule has 4 rings (SSSR count). The van der Waals surface area contributed by atoms with Crippen molar-refractivity contribution in [2.75, 3.05) is 35.8 Å². The number of carbonyl (C=O) groups excluding carboxylic acids is 2. The molecule has 1 aliphatic rings. The van der Waals surface area contributed by atoms with Gasteiger partial charge in [0.2, 0.25) is 0 Å². The van der Waals surface area contributed by atoms with Gasteiger partial charge in [-0.3, -0.25) is 24.3 Å². The highest BCUT2D eigenvalue weighted by molar-refractivity contribution is 7.92. The molecule has 10 nitrogen and oxygen atoms in total. The maximum absolute atomic E-state index is 13.0. The summed E-state index contributed by atoms with van der Waals surface area (Å²) in [4.78, 5) is 31.9. The number of nitrogens with one attached hydrogen (secondary N) is 2. The number of anilines is 2. The first-order valence-corrected chi connectivity index (χ1v) is 15.4. The van der Waals surface area contributed by atoms with E-state index in [1.165, 1.54) is 21.9 Å². The molecule has 1 fully saturated rings. The fourth-order valence-electron chi connectivity index (χ4n) is 4.58. The molecule has 11 heteroatoms.